The molecule has 0 saturated heterocycles. The monoisotopic (exact) mass is 296 g/mol. The van der Waals surface area contributed by atoms with Crippen LogP contribution in [0.3, 0.4) is 0 Å². The molecule has 1 aromatic rings. The number of esters is 1. The first kappa shape index (κ1) is 17.0. The van der Waals surface area contributed by atoms with Crippen LogP contribution in [-0.2, 0) is 28.9 Å². The van der Waals surface area contributed by atoms with E-state index in [9.17, 15) is 4.79 Å². The minimum absolute atomic E-state index is 0.251. The van der Waals surface area contributed by atoms with Gasteiger partial charge >= 0.3 is 5.97 Å². The molecule has 7 nitrogen and oxygen atoms in total. The zero-order valence-corrected chi connectivity index (χ0v) is 13.2. The minimum Gasteiger partial charge on any atom is -0.469 e. The normalized spacial score (nSPS) is 11.3. The molecule has 0 aliphatic carbocycles. The van der Waals surface area contributed by atoms with E-state index < -0.39 is 0 Å². The third kappa shape index (κ3) is 5.09. The Balaban J connectivity index is 2.52. The summed E-state index contributed by atoms with van der Waals surface area (Å²) >= 11 is 0. The minimum atomic E-state index is -0.251. The molecular weight excluding hydrogens is 272 g/mol. The van der Waals surface area contributed by atoms with Crippen LogP contribution in [0.4, 0.5) is 0 Å². The van der Waals surface area contributed by atoms with Gasteiger partial charge in [-0.05, 0) is 6.42 Å². The maximum Gasteiger partial charge on any atom is 0.307 e. The van der Waals surface area contributed by atoms with Crippen molar-refractivity contribution in [1.82, 2.24) is 15.8 Å². The first-order valence-corrected chi connectivity index (χ1v) is 7.13. The highest BCUT2D eigenvalue weighted by Crippen LogP contribution is 2.15. The van der Waals surface area contributed by atoms with Gasteiger partial charge in [-0.2, -0.15) is 0 Å². The lowest BCUT2D eigenvalue weighted by Crippen LogP contribution is -2.38. The highest BCUT2D eigenvalue weighted by Gasteiger charge is 2.13. The molecule has 0 aromatic carbocycles. The second kappa shape index (κ2) is 8.99. The van der Waals surface area contributed by atoms with Gasteiger partial charge in [-0.3, -0.25) is 9.79 Å². The summed E-state index contributed by atoms with van der Waals surface area (Å²) in [4.78, 5) is 15.2. The number of methoxy groups -OCH3 is 1. The van der Waals surface area contributed by atoms with Crippen molar-refractivity contribution in [2.75, 3.05) is 20.7 Å². The van der Waals surface area contributed by atoms with Crippen LogP contribution in [-0.4, -0.2) is 37.8 Å². The summed E-state index contributed by atoms with van der Waals surface area (Å²) in [6, 6.07) is 0. The fourth-order valence-electron chi connectivity index (χ4n) is 1.92. The summed E-state index contributed by atoms with van der Waals surface area (Å²) in [6.07, 6.45) is 1.93. The lowest BCUT2D eigenvalue weighted by atomic mass is 10.1. The fraction of sp³-hybridized carbons (Fsp3) is 0.643. The smallest absolute Gasteiger partial charge is 0.307 e. The highest BCUT2D eigenvalue weighted by atomic mass is 16.5. The van der Waals surface area contributed by atoms with E-state index in [-0.39, 0.29) is 5.97 Å². The molecule has 0 saturated carbocycles. The van der Waals surface area contributed by atoms with Gasteiger partial charge in [0, 0.05) is 32.1 Å². The van der Waals surface area contributed by atoms with Crippen LogP contribution in [0.5, 0.6) is 0 Å². The molecule has 0 spiro atoms. The van der Waals surface area contributed by atoms with E-state index in [4.69, 9.17) is 4.52 Å². The number of aryl methyl sites for hydroxylation is 2. The number of nitrogens with one attached hydrogen (secondary N) is 2. The number of carbonyl (C=O) groups is 1. The zero-order valence-electron chi connectivity index (χ0n) is 13.2. The molecule has 7 heteroatoms. The highest BCUT2D eigenvalue weighted by molar-refractivity contribution is 5.80. The standard InChI is InChI=1S/C14H24N4O3/c1-5-11-10(12(6-2)21-18-11)9-17-14(15-3)16-8-7-13(19)20-4/h5-9H2,1-4H3,(H2,15,16,17). The Labute approximate surface area is 125 Å². The van der Waals surface area contributed by atoms with Crippen molar-refractivity contribution in [3.63, 3.8) is 0 Å². The van der Waals surface area contributed by atoms with Crippen molar-refractivity contribution >= 4 is 11.9 Å². The van der Waals surface area contributed by atoms with Crippen molar-refractivity contribution < 1.29 is 14.1 Å². The Morgan fingerprint density at radius 3 is 2.67 bits per heavy atom. The first-order valence-electron chi connectivity index (χ1n) is 7.13. The number of carbonyl (C=O) groups excluding carboxylic acids is 1. The lowest BCUT2D eigenvalue weighted by molar-refractivity contribution is -0.140. The SMILES string of the molecule is CCc1noc(CC)c1CNC(=NC)NCCC(=O)OC. The molecule has 0 unspecified atom stereocenters. The lowest BCUT2D eigenvalue weighted by Gasteiger charge is -2.11. The molecule has 0 aliphatic rings. The molecule has 0 radical (unpaired) electrons. The van der Waals surface area contributed by atoms with Gasteiger partial charge in [0.2, 0.25) is 0 Å². The summed E-state index contributed by atoms with van der Waals surface area (Å²) < 4.78 is 9.90. The topological polar surface area (TPSA) is 88.8 Å². The Morgan fingerprint density at radius 2 is 2.10 bits per heavy atom. The first-order chi connectivity index (χ1) is 10.2. The fourth-order valence-corrected chi connectivity index (χ4v) is 1.92. The van der Waals surface area contributed by atoms with Gasteiger partial charge in [-0.15, -0.1) is 0 Å². The molecule has 0 amide bonds. The Morgan fingerprint density at radius 1 is 1.33 bits per heavy atom. The molecule has 1 aromatic heterocycles. The summed E-state index contributed by atoms with van der Waals surface area (Å²) in [7, 11) is 3.06. The number of rotatable bonds is 7. The molecule has 0 fully saturated rings. The van der Waals surface area contributed by atoms with Crippen molar-refractivity contribution in [2.24, 2.45) is 4.99 Å². The van der Waals surface area contributed by atoms with Gasteiger partial charge in [0.1, 0.15) is 5.76 Å². The molecule has 0 bridgehead atoms. The van der Waals surface area contributed by atoms with Crippen molar-refractivity contribution in [3.05, 3.63) is 17.0 Å². The summed E-state index contributed by atoms with van der Waals surface area (Å²) in [5, 5.41) is 10.3. The number of hydrogen-bond donors (Lipinski definition) is 2. The molecule has 2 N–H and O–H groups in total. The van der Waals surface area contributed by atoms with Crippen LogP contribution in [0.15, 0.2) is 9.52 Å². The maximum atomic E-state index is 11.1. The van der Waals surface area contributed by atoms with Gasteiger partial charge in [0.25, 0.3) is 0 Å². The van der Waals surface area contributed by atoms with E-state index in [1.165, 1.54) is 7.11 Å². The van der Waals surface area contributed by atoms with E-state index >= 15 is 0 Å². The molecule has 21 heavy (non-hydrogen) atoms. The maximum absolute atomic E-state index is 11.1. The average molecular weight is 296 g/mol. The third-order valence-corrected chi connectivity index (χ3v) is 3.11. The van der Waals surface area contributed by atoms with E-state index in [0.717, 1.165) is 29.9 Å². The summed E-state index contributed by atoms with van der Waals surface area (Å²) in [5.74, 6) is 1.27. The van der Waals surface area contributed by atoms with E-state index in [1.807, 2.05) is 13.8 Å². The number of ether oxygens (including phenoxy) is 1. The molecule has 0 atom stereocenters. The van der Waals surface area contributed by atoms with Gasteiger partial charge < -0.3 is 19.9 Å². The number of nitrogens with zero attached hydrogens (tertiary/aromatic N) is 2. The average Bonchev–Trinajstić information content (AvgIpc) is 2.92. The number of hydrogen-bond acceptors (Lipinski definition) is 5. The molecular formula is C14H24N4O3. The van der Waals surface area contributed by atoms with Crippen LogP contribution < -0.4 is 10.6 Å². The summed E-state index contributed by atoms with van der Waals surface area (Å²) in [6.45, 7) is 5.14. The van der Waals surface area contributed by atoms with E-state index in [0.29, 0.717) is 25.5 Å². The van der Waals surface area contributed by atoms with Crippen LogP contribution >= 0.6 is 0 Å². The largest absolute Gasteiger partial charge is 0.469 e. The van der Waals surface area contributed by atoms with Gasteiger partial charge in [0.05, 0.1) is 19.2 Å². The van der Waals surface area contributed by atoms with Crippen molar-refractivity contribution in [3.8, 4) is 0 Å². The van der Waals surface area contributed by atoms with E-state index in [2.05, 4.69) is 25.5 Å². The van der Waals surface area contributed by atoms with Gasteiger partial charge in [0.15, 0.2) is 5.96 Å². The zero-order chi connectivity index (χ0) is 15.7. The van der Waals surface area contributed by atoms with Crippen LogP contribution in [0.1, 0.15) is 37.3 Å². The number of aromatic nitrogens is 1. The molecule has 118 valence electrons. The molecule has 1 heterocycles. The van der Waals surface area contributed by atoms with E-state index in [1.54, 1.807) is 7.05 Å². The predicted molar refractivity (Wildman–Crippen MR) is 80.1 cm³/mol. The Hall–Kier alpha value is -2.05. The number of guanidine groups is 1. The van der Waals surface area contributed by atoms with Crippen molar-refractivity contribution in [2.45, 2.75) is 39.7 Å². The second-order valence-corrected chi connectivity index (χ2v) is 4.42. The Bertz CT molecular complexity index is 461. The van der Waals surface area contributed by atoms with Crippen LogP contribution in [0, 0.1) is 0 Å². The predicted octanol–water partition coefficient (Wildman–Crippen LogP) is 1.03. The molecule has 0 aliphatic heterocycles. The quantitative estimate of drug-likeness (QED) is 0.444. The van der Waals surface area contributed by atoms with Gasteiger partial charge in [-0.1, -0.05) is 19.0 Å². The Kier molecular flexibility index (Phi) is 7.28. The third-order valence-electron chi connectivity index (χ3n) is 3.11. The van der Waals surface area contributed by atoms with Crippen LogP contribution in [0.2, 0.25) is 0 Å². The van der Waals surface area contributed by atoms with Crippen molar-refractivity contribution in [1.29, 1.82) is 0 Å². The number of aliphatic imine (C=N–C) groups is 1. The van der Waals surface area contributed by atoms with Gasteiger partial charge in [-0.25, -0.2) is 0 Å². The second-order valence-electron chi connectivity index (χ2n) is 4.42. The van der Waals surface area contributed by atoms with Crippen LogP contribution in [0.25, 0.3) is 0 Å². The molecule has 1 rings (SSSR count). The summed E-state index contributed by atoms with van der Waals surface area (Å²) in [5.41, 5.74) is 2.04.